The number of hydrogen-bond acceptors (Lipinski definition) is 4. The molecule has 0 atom stereocenters. The number of ether oxygens (including phenoxy) is 1. The number of nitrogens with zero attached hydrogens (tertiary/aromatic N) is 1. The molecular formula is C25H24N2O3S. The van der Waals surface area contributed by atoms with Gasteiger partial charge in [0, 0.05) is 31.1 Å². The van der Waals surface area contributed by atoms with E-state index in [2.05, 4.69) is 5.32 Å². The number of thiophene rings is 1. The summed E-state index contributed by atoms with van der Waals surface area (Å²) in [5.74, 6) is -0.00140. The smallest absolute Gasteiger partial charge is 0.268 e. The van der Waals surface area contributed by atoms with E-state index in [-0.39, 0.29) is 11.8 Å². The molecule has 1 N–H and O–H groups in total. The molecule has 5 rings (SSSR count). The summed E-state index contributed by atoms with van der Waals surface area (Å²) < 4.78 is 5.56. The highest BCUT2D eigenvalue weighted by atomic mass is 32.1. The number of carbonyl (C=O) groups is 2. The Kier molecular flexibility index (Phi) is 5.34. The van der Waals surface area contributed by atoms with Gasteiger partial charge in [0.25, 0.3) is 5.91 Å². The van der Waals surface area contributed by atoms with Crippen LogP contribution in [0.5, 0.6) is 0 Å². The van der Waals surface area contributed by atoms with Crippen molar-refractivity contribution in [2.45, 2.75) is 24.7 Å². The number of fused-ring (bicyclic) bond motifs is 1. The lowest BCUT2D eigenvalue weighted by Gasteiger charge is -2.36. The summed E-state index contributed by atoms with van der Waals surface area (Å²) in [6, 6.07) is 19.6. The van der Waals surface area contributed by atoms with Crippen molar-refractivity contribution in [2.75, 3.05) is 30.0 Å². The number of hydrogen-bond donors (Lipinski definition) is 1. The Morgan fingerprint density at radius 1 is 1.00 bits per heavy atom. The molecule has 0 spiro atoms. The molecule has 1 fully saturated rings. The lowest BCUT2D eigenvalue weighted by Crippen LogP contribution is -2.44. The minimum Gasteiger partial charge on any atom is -0.381 e. The topological polar surface area (TPSA) is 58.6 Å². The maximum atomic E-state index is 13.5. The van der Waals surface area contributed by atoms with Crippen molar-refractivity contribution in [2.24, 2.45) is 0 Å². The zero-order valence-corrected chi connectivity index (χ0v) is 18.0. The maximum absolute atomic E-state index is 13.5. The molecule has 0 unspecified atom stereocenters. The molecule has 0 saturated carbocycles. The first-order valence-corrected chi connectivity index (χ1v) is 11.5. The first-order chi connectivity index (χ1) is 15.2. The molecule has 1 aromatic heterocycles. The SMILES string of the molecule is O=C(c1cccs1)N1CCc2ccc(NC(=O)C3(c4ccccc4)CCOCC3)cc21. The predicted octanol–water partition coefficient (Wildman–Crippen LogP) is 4.64. The first kappa shape index (κ1) is 20.0. The number of carbonyl (C=O) groups excluding carboxylic acids is 2. The van der Waals surface area contributed by atoms with Crippen molar-refractivity contribution in [3.8, 4) is 0 Å². The Hall–Kier alpha value is -2.96. The lowest BCUT2D eigenvalue weighted by molar-refractivity contribution is -0.125. The number of rotatable bonds is 4. The quantitative estimate of drug-likeness (QED) is 0.654. The van der Waals surface area contributed by atoms with Gasteiger partial charge in [0.1, 0.15) is 0 Å². The van der Waals surface area contributed by atoms with Crippen LogP contribution in [0.2, 0.25) is 0 Å². The second-order valence-electron chi connectivity index (χ2n) is 8.04. The van der Waals surface area contributed by atoms with Crippen molar-refractivity contribution in [3.63, 3.8) is 0 Å². The first-order valence-electron chi connectivity index (χ1n) is 10.6. The Balaban J connectivity index is 1.42. The highest BCUT2D eigenvalue weighted by Gasteiger charge is 2.41. The van der Waals surface area contributed by atoms with Crippen LogP contribution in [0.3, 0.4) is 0 Å². The Labute approximate surface area is 185 Å². The standard InChI is InChI=1S/C25H24N2O3S/c28-23(22-7-4-16-31-22)27-13-10-18-8-9-20(17-21(18)27)26-24(29)25(11-14-30-15-12-25)19-5-2-1-3-6-19/h1-9,16-17H,10-15H2,(H,26,29). The van der Waals surface area contributed by atoms with E-state index < -0.39 is 5.41 Å². The Bertz CT molecular complexity index is 1090. The maximum Gasteiger partial charge on any atom is 0.268 e. The molecule has 0 aliphatic carbocycles. The fourth-order valence-corrected chi connectivity index (χ4v) is 5.25. The summed E-state index contributed by atoms with van der Waals surface area (Å²) in [7, 11) is 0. The largest absolute Gasteiger partial charge is 0.381 e. The molecule has 2 aliphatic heterocycles. The summed E-state index contributed by atoms with van der Waals surface area (Å²) >= 11 is 1.45. The van der Waals surface area contributed by atoms with Gasteiger partial charge in [-0.2, -0.15) is 0 Å². The average Bonchev–Trinajstić information content (AvgIpc) is 3.50. The third-order valence-corrected chi connectivity index (χ3v) is 7.18. The van der Waals surface area contributed by atoms with Gasteiger partial charge in [-0.05, 0) is 54.0 Å². The van der Waals surface area contributed by atoms with Crippen LogP contribution in [0, 0.1) is 0 Å². The molecule has 2 aromatic carbocycles. The second-order valence-corrected chi connectivity index (χ2v) is 8.99. The van der Waals surface area contributed by atoms with Crippen molar-refractivity contribution >= 4 is 34.5 Å². The van der Waals surface area contributed by atoms with Gasteiger partial charge in [-0.25, -0.2) is 0 Å². The van der Waals surface area contributed by atoms with Gasteiger partial charge in [0.15, 0.2) is 0 Å². The van der Waals surface area contributed by atoms with Gasteiger partial charge in [0.2, 0.25) is 5.91 Å². The third-order valence-electron chi connectivity index (χ3n) is 6.32. The number of benzene rings is 2. The van der Waals surface area contributed by atoms with E-state index in [1.807, 2.05) is 70.9 Å². The zero-order valence-electron chi connectivity index (χ0n) is 17.2. The van der Waals surface area contributed by atoms with E-state index in [1.165, 1.54) is 11.3 Å². The van der Waals surface area contributed by atoms with E-state index in [0.29, 0.717) is 32.6 Å². The van der Waals surface area contributed by atoms with Gasteiger partial charge >= 0.3 is 0 Å². The molecular weight excluding hydrogens is 408 g/mol. The lowest BCUT2D eigenvalue weighted by atomic mass is 9.73. The number of nitrogens with one attached hydrogen (secondary N) is 1. The van der Waals surface area contributed by atoms with Crippen LogP contribution in [0.15, 0.2) is 66.0 Å². The van der Waals surface area contributed by atoms with Gasteiger partial charge in [-0.15, -0.1) is 11.3 Å². The fourth-order valence-electron chi connectivity index (χ4n) is 4.58. The second kappa shape index (κ2) is 8.29. The van der Waals surface area contributed by atoms with Crippen molar-refractivity contribution < 1.29 is 14.3 Å². The Morgan fingerprint density at radius 2 is 1.81 bits per heavy atom. The highest BCUT2D eigenvalue weighted by Crippen LogP contribution is 2.37. The Morgan fingerprint density at radius 3 is 2.55 bits per heavy atom. The van der Waals surface area contributed by atoms with Crippen LogP contribution in [-0.2, 0) is 21.4 Å². The van der Waals surface area contributed by atoms with Crippen LogP contribution < -0.4 is 10.2 Å². The van der Waals surface area contributed by atoms with Crippen LogP contribution >= 0.6 is 11.3 Å². The minimum atomic E-state index is -0.606. The molecule has 2 aliphatic rings. The number of anilines is 2. The van der Waals surface area contributed by atoms with Gasteiger partial charge in [-0.1, -0.05) is 42.5 Å². The monoisotopic (exact) mass is 432 g/mol. The van der Waals surface area contributed by atoms with E-state index in [9.17, 15) is 9.59 Å². The number of amides is 2. The summed E-state index contributed by atoms with van der Waals surface area (Å²) in [5, 5.41) is 5.06. The van der Waals surface area contributed by atoms with E-state index in [0.717, 1.165) is 33.8 Å². The molecule has 2 amide bonds. The molecule has 0 bridgehead atoms. The molecule has 158 valence electrons. The van der Waals surface area contributed by atoms with Crippen molar-refractivity contribution in [3.05, 3.63) is 82.0 Å². The van der Waals surface area contributed by atoms with Crippen LogP contribution in [0.25, 0.3) is 0 Å². The summed E-state index contributed by atoms with van der Waals surface area (Å²) in [4.78, 5) is 29.0. The molecule has 31 heavy (non-hydrogen) atoms. The van der Waals surface area contributed by atoms with E-state index in [1.54, 1.807) is 0 Å². The highest BCUT2D eigenvalue weighted by molar-refractivity contribution is 7.12. The summed E-state index contributed by atoms with van der Waals surface area (Å²) in [6.07, 6.45) is 2.12. The fraction of sp³-hybridized carbons (Fsp3) is 0.280. The van der Waals surface area contributed by atoms with Gasteiger partial charge in [-0.3, -0.25) is 9.59 Å². The van der Waals surface area contributed by atoms with Crippen molar-refractivity contribution in [1.29, 1.82) is 0 Å². The van der Waals surface area contributed by atoms with E-state index in [4.69, 9.17) is 4.74 Å². The zero-order chi connectivity index (χ0) is 21.3. The van der Waals surface area contributed by atoms with E-state index >= 15 is 0 Å². The summed E-state index contributed by atoms with van der Waals surface area (Å²) in [5.41, 5.74) is 3.15. The normalized spacial score (nSPS) is 17.2. The third kappa shape index (κ3) is 3.66. The molecule has 3 heterocycles. The van der Waals surface area contributed by atoms with Crippen LogP contribution in [0.1, 0.15) is 33.6 Å². The van der Waals surface area contributed by atoms with Crippen LogP contribution in [0.4, 0.5) is 11.4 Å². The van der Waals surface area contributed by atoms with Gasteiger partial charge < -0.3 is 15.0 Å². The molecule has 0 radical (unpaired) electrons. The minimum absolute atomic E-state index is 0.0161. The molecule has 3 aromatic rings. The van der Waals surface area contributed by atoms with Crippen molar-refractivity contribution in [1.82, 2.24) is 0 Å². The summed E-state index contributed by atoms with van der Waals surface area (Å²) in [6.45, 7) is 1.79. The van der Waals surface area contributed by atoms with Crippen LogP contribution in [-0.4, -0.2) is 31.6 Å². The van der Waals surface area contributed by atoms with Gasteiger partial charge in [0.05, 0.1) is 10.3 Å². The predicted molar refractivity (Wildman–Crippen MR) is 123 cm³/mol. The average molecular weight is 433 g/mol. The molecule has 6 heteroatoms. The molecule has 1 saturated heterocycles. The molecule has 5 nitrogen and oxygen atoms in total.